The maximum Gasteiger partial charge on any atom is 0.132 e. The highest BCUT2D eigenvalue weighted by Crippen LogP contribution is 2.27. The van der Waals surface area contributed by atoms with E-state index < -0.39 is 5.54 Å². The van der Waals surface area contributed by atoms with Gasteiger partial charge in [-0.25, -0.2) is 0 Å². The molecule has 20 heavy (non-hydrogen) atoms. The summed E-state index contributed by atoms with van der Waals surface area (Å²) in [5.74, 6) is 2.00. The summed E-state index contributed by atoms with van der Waals surface area (Å²) in [5, 5.41) is 12.8. The van der Waals surface area contributed by atoms with Gasteiger partial charge in [0, 0.05) is 12.4 Å². The molecule has 1 saturated heterocycles. The molecule has 1 aliphatic heterocycles. The fraction of sp³-hybridized carbons (Fsp3) is 0.562. The Kier molecular flexibility index (Phi) is 5.90. The Hall–Kier alpha value is -1.02. The number of benzene rings is 1. The molecule has 3 nitrogen and oxygen atoms in total. The van der Waals surface area contributed by atoms with Crippen LogP contribution in [0.2, 0.25) is 0 Å². The lowest BCUT2D eigenvalue weighted by molar-refractivity contribution is 0.129. The van der Waals surface area contributed by atoms with E-state index in [0.717, 1.165) is 30.1 Å². The lowest BCUT2D eigenvalue weighted by Gasteiger charge is -2.26. The summed E-state index contributed by atoms with van der Waals surface area (Å²) >= 11 is 1.89. The molecule has 2 unspecified atom stereocenters. The highest BCUT2D eigenvalue weighted by Gasteiger charge is 2.29. The standard InChI is InChI=1S/C16H22N2OS/c1-18-16(13-17,14-6-3-2-4-7-14)9-11-20-12-15-8-5-10-19-15/h2-4,6-7,15,18H,5,8-12H2,1H3. The van der Waals surface area contributed by atoms with Crippen molar-refractivity contribution < 1.29 is 4.74 Å². The Bertz CT molecular complexity index is 440. The van der Waals surface area contributed by atoms with E-state index in [1.54, 1.807) is 0 Å². The van der Waals surface area contributed by atoms with Gasteiger partial charge in [0.15, 0.2) is 0 Å². The van der Waals surface area contributed by atoms with Crippen LogP contribution >= 0.6 is 11.8 Å². The van der Waals surface area contributed by atoms with Gasteiger partial charge in [0.05, 0.1) is 12.2 Å². The van der Waals surface area contributed by atoms with Crippen LogP contribution in [0.5, 0.6) is 0 Å². The minimum atomic E-state index is -0.579. The molecule has 0 spiro atoms. The normalized spacial score (nSPS) is 21.3. The quantitative estimate of drug-likeness (QED) is 0.784. The topological polar surface area (TPSA) is 45.0 Å². The Morgan fingerprint density at radius 2 is 2.25 bits per heavy atom. The van der Waals surface area contributed by atoms with Crippen LogP contribution in [-0.4, -0.2) is 31.3 Å². The molecule has 0 aromatic heterocycles. The predicted octanol–water partition coefficient (Wildman–Crippen LogP) is 2.93. The van der Waals surface area contributed by atoms with Crippen molar-refractivity contribution in [3.63, 3.8) is 0 Å². The van der Waals surface area contributed by atoms with Gasteiger partial charge in [-0.1, -0.05) is 30.3 Å². The molecule has 0 saturated carbocycles. The summed E-state index contributed by atoms with van der Waals surface area (Å²) in [6.45, 7) is 0.911. The van der Waals surface area contributed by atoms with Crippen molar-refractivity contribution in [1.29, 1.82) is 5.26 Å². The number of nitrogens with zero attached hydrogens (tertiary/aromatic N) is 1. The van der Waals surface area contributed by atoms with Gasteiger partial charge in [0.25, 0.3) is 0 Å². The second-order valence-corrected chi connectivity index (χ2v) is 6.24. The summed E-state index contributed by atoms with van der Waals surface area (Å²) in [4.78, 5) is 0. The maximum atomic E-state index is 9.59. The molecule has 108 valence electrons. The van der Waals surface area contributed by atoms with E-state index in [4.69, 9.17) is 4.74 Å². The van der Waals surface area contributed by atoms with Crippen LogP contribution in [0.25, 0.3) is 0 Å². The Morgan fingerprint density at radius 3 is 2.85 bits per heavy atom. The third kappa shape index (κ3) is 3.76. The van der Waals surface area contributed by atoms with Gasteiger partial charge < -0.3 is 4.74 Å². The maximum absolute atomic E-state index is 9.59. The lowest BCUT2D eigenvalue weighted by Crippen LogP contribution is -2.39. The van der Waals surface area contributed by atoms with Crippen molar-refractivity contribution in [1.82, 2.24) is 5.32 Å². The first-order valence-corrected chi connectivity index (χ1v) is 8.31. The van der Waals surface area contributed by atoms with Crippen molar-refractivity contribution in [2.75, 3.05) is 25.2 Å². The summed E-state index contributed by atoms with van der Waals surface area (Å²) in [5.41, 5.74) is 0.466. The first-order valence-electron chi connectivity index (χ1n) is 7.16. The average Bonchev–Trinajstić information content (AvgIpc) is 3.02. The SMILES string of the molecule is CNC(C#N)(CCSCC1CCCO1)c1ccccc1. The summed E-state index contributed by atoms with van der Waals surface area (Å²) < 4.78 is 5.62. The lowest BCUT2D eigenvalue weighted by atomic mass is 9.89. The number of thioether (sulfide) groups is 1. The molecule has 2 atom stereocenters. The van der Waals surface area contributed by atoms with Gasteiger partial charge in [-0.3, -0.25) is 5.32 Å². The van der Waals surface area contributed by atoms with Crippen molar-refractivity contribution in [3.05, 3.63) is 35.9 Å². The molecular weight excluding hydrogens is 268 g/mol. The molecule has 1 fully saturated rings. The van der Waals surface area contributed by atoms with Gasteiger partial charge in [0.1, 0.15) is 5.54 Å². The summed E-state index contributed by atoms with van der Waals surface area (Å²) in [7, 11) is 1.86. The van der Waals surface area contributed by atoms with E-state index in [2.05, 4.69) is 11.4 Å². The van der Waals surface area contributed by atoms with Crippen LogP contribution in [0.3, 0.4) is 0 Å². The molecule has 1 N–H and O–H groups in total. The number of hydrogen-bond donors (Lipinski definition) is 1. The zero-order valence-electron chi connectivity index (χ0n) is 12.0. The van der Waals surface area contributed by atoms with Crippen LogP contribution in [0.15, 0.2) is 30.3 Å². The highest BCUT2D eigenvalue weighted by atomic mass is 32.2. The number of hydrogen-bond acceptors (Lipinski definition) is 4. The van der Waals surface area contributed by atoms with E-state index in [0.29, 0.717) is 6.10 Å². The van der Waals surface area contributed by atoms with Gasteiger partial charge in [-0.05, 0) is 37.6 Å². The molecule has 0 bridgehead atoms. The van der Waals surface area contributed by atoms with Crippen LogP contribution < -0.4 is 5.32 Å². The van der Waals surface area contributed by atoms with Gasteiger partial charge >= 0.3 is 0 Å². The second kappa shape index (κ2) is 7.68. The monoisotopic (exact) mass is 290 g/mol. The van der Waals surface area contributed by atoms with Crippen molar-refractivity contribution >= 4 is 11.8 Å². The summed E-state index contributed by atoms with van der Waals surface area (Å²) in [6, 6.07) is 12.4. The highest BCUT2D eigenvalue weighted by molar-refractivity contribution is 7.99. The third-order valence-corrected chi connectivity index (χ3v) is 4.93. The molecule has 0 amide bonds. The fourth-order valence-electron chi connectivity index (χ4n) is 2.53. The van der Waals surface area contributed by atoms with E-state index in [9.17, 15) is 5.26 Å². The Balaban J connectivity index is 1.87. The number of ether oxygens (including phenoxy) is 1. The van der Waals surface area contributed by atoms with Crippen molar-refractivity contribution in [2.24, 2.45) is 0 Å². The molecule has 0 radical (unpaired) electrons. The van der Waals surface area contributed by atoms with E-state index in [1.807, 2.05) is 49.1 Å². The number of nitrogens with one attached hydrogen (secondary N) is 1. The largest absolute Gasteiger partial charge is 0.377 e. The zero-order chi connectivity index (χ0) is 14.3. The van der Waals surface area contributed by atoms with Crippen LogP contribution in [-0.2, 0) is 10.3 Å². The van der Waals surface area contributed by atoms with Gasteiger partial charge in [0.2, 0.25) is 0 Å². The fourth-order valence-corrected chi connectivity index (χ4v) is 3.67. The molecular formula is C16H22N2OS. The minimum absolute atomic E-state index is 0.419. The van der Waals surface area contributed by atoms with Crippen molar-refractivity contribution in [3.8, 4) is 6.07 Å². The van der Waals surface area contributed by atoms with Crippen LogP contribution in [0, 0.1) is 11.3 Å². The van der Waals surface area contributed by atoms with Gasteiger partial charge in [-0.15, -0.1) is 0 Å². The van der Waals surface area contributed by atoms with Crippen LogP contribution in [0.4, 0.5) is 0 Å². The predicted molar refractivity (Wildman–Crippen MR) is 83.7 cm³/mol. The third-order valence-electron chi connectivity index (χ3n) is 3.83. The minimum Gasteiger partial charge on any atom is -0.377 e. The Morgan fingerprint density at radius 1 is 1.45 bits per heavy atom. The Labute approximate surface area is 125 Å². The van der Waals surface area contributed by atoms with Crippen LogP contribution in [0.1, 0.15) is 24.8 Å². The smallest absolute Gasteiger partial charge is 0.132 e. The molecule has 1 aromatic rings. The molecule has 1 aromatic carbocycles. The zero-order valence-corrected chi connectivity index (χ0v) is 12.8. The molecule has 4 heteroatoms. The number of nitriles is 1. The first-order chi connectivity index (χ1) is 9.80. The molecule has 2 rings (SSSR count). The van der Waals surface area contributed by atoms with Gasteiger partial charge in [-0.2, -0.15) is 17.0 Å². The molecule has 1 heterocycles. The van der Waals surface area contributed by atoms with E-state index >= 15 is 0 Å². The average molecular weight is 290 g/mol. The van der Waals surface area contributed by atoms with Crippen molar-refractivity contribution in [2.45, 2.75) is 30.9 Å². The van der Waals surface area contributed by atoms with E-state index in [-0.39, 0.29) is 0 Å². The number of rotatable bonds is 7. The second-order valence-electron chi connectivity index (χ2n) is 5.09. The first kappa shape index (κ1) is 15.4. The molecule has 0 aliphatic carbocycles. The van der Waals surface area contributed by atoms with E-state index in [1.165, 1.54) is 12.8 Å². The molecule has 1 aliphatic rings. The summed E-state index contributed by atoms with van der Waals surface area (Å²) in [6.07, 6.45) is 3.60.